The van der Waals surface area contributed by atoms with Crippen molar-refractivity contribution in [1.82, 2.24) is 9.62 Å². The number of rotatable bonds is 6. The SMILES string of the molecule is CN(C)S(=O)(=O)c1ccc(N2CCC(CNC(=O)c3ccc(F)cc3)CC2)cc1. The van der Waals surface area contributed by atoms with E-state index in [1.54, 1.807) is 12.1 Å². The molecule has 8 heteroatoms. The van der Waals surface area contributed by atoms with Crippen molar-refractivity contribution in [2.45, 2.75) is 17.7 Å². The van der Waals surface area contributed by atoms with E-state index in [1.165, 1.54) is 42.7 Å². The van der Waals surface area contributed by atoms with Gasteiger partial charge in [-0.3, -0.25) is 4.79 Å². The summed E-state index contributed by atoms with van der Waals surface area (Å²) >= 11 is 0. The first-order valence-electron chi connectivity index (χ1n) is 9.58. The molecule has 0 saturated carbocycles. The van der Waals surface area contributed by atoms with Gasteiger partial charge in [0.1, 0.15) is 5.82 Å². The molecule has 0 radical (unpaired) electrons. The maximum Gasteiger partial charge on any atom is 0.251 e. The first-order chi connectivity index (χ1) is 13.8. The van der Waals surface area contributed by atoms with Gasteiger partial charge in [-0.1, -0.05) is 0 Å². The molecule has 2 aromatic carbocycles. The van der Waals surface area contributed by atoms with Crippen molar-refractivity contribution in [3.05, 3.63) is 59.9 Å². The van der Waals surface area contributed by atoms with E-state index < -0.39 is 10.0 Å². The van der Waals surface area contributed by atoms with E-state index >= 15 is 0 Å². The summed E-state index contributed by atoms with van der Waals surface area (Å²) in [6, 6.07) is 12.5. The maximum atomic E-state index is 13.0. The maximum absolute atomic E-state index is 13.0. The minimum atomic E-state index is -3.42. The van der Waals surface area contributed by atoms with Gasteiger partial charge >= 0.3 is 0 Å². The zero-order valence-corrected chi connectivity index (χ0v) is 17.5. The third-order valence-electron chi connectivity index (χ3n) is 5.25. The van der Waals surface area contributed by atoms with Crippen molar-refractivity contribution in [3.8, 4) is 0 Å². The molecule has 29 heavy (non-hydrogen) atoms. The van der Waals surface area contributed by atoms with Crippen LogP contribution in [0, 0.1) is 11.7 Å². The van der Waals surface area contributed by atoms with Crippen LogP contribution in [-0.2, 0) is 10.0 Å². The van der Waals surface area contributed by atoms with Crippen LogP contribution in [0.1, 0.15) is 23.2 Å². The summed E-state index contributed by atoms with van der Waals surface area (Å²) in [6.07, 6.45) is 1.86. The Morgan fingerprint density at radius 2 is 1.66 bits per heavy atom. The molecule has 0 aliphatic carbocycles. The van der Waals surface area contributed by atoms with Crippen LogP contribution in [0.4, 0.5) is 10.1 Å². The molecule has 1 N–H and O–H groups in total. The van der Waals surface area contributed by atoms with Crippen LogP contribution in [0.25, 0.3) is 0 Å². The van der Waals surface area contributed by atoms with Crippen LogP contribution in [0.3, 0.4) is 0 Å². The fourth-order valence-corrected chi connectivity index (χ4v) is 4.28. The van der Waals surface area contributed by atoms with Crippen LogP contribution in [0.5, 0.6) is 0 Å². The number of nitrogens with zero attached hydrogens (tertiary/aromatic N) is 2. The van der Waals surface area contributed by atoms with Gasteiger partial charge in [0.2, 0.25) is 10.0 Å². The molecule has 1 fully saturated rings. The molecule has 1 saturated heterocycles. The van der Waals surface area contributed by atoms with E-state index in [9.17, 15) is 17.6 Å². The monoisotopic (exact) mass is 419 g/mol. The number of nitrogens with one attached hydrogen (secondary N) is 1. The van der Waals surface area contributed by atoms with Gasteiger partial charge in [-0.25, -0.2) is 17.1 Å². The number of carbonyl (C=O) groups excluding carboxylic acids is 1. The Bertz CT molecular complexity index is 936. The van der Waals surface area contributed by atoms with Gasteiger partial charge in [0.25, 0.3) is 5.91 Å². The third-order valence-corrected chi connectivity index (χ3v) is 7.08. The Hall–Kier alpha value is -2.45. The number of sulfonamides is 1. The van der Waals surface area contributed by atoms with E-state index in [4.69, 9.17) is 0 Å². The first-order valence-corrected chi connectivity index (χ1v) is 11.0. The molecule has 0 spiro atoms. The fourth-order valence-electron chi connectivity index (χ4n) is 3.38. The summed E-state index contributed by atoms with van der Waals surface area (Å²) in [6.45, 7) is 2.28. The van der Waals surface area contributed by atoms with Crippen molar-refractivity contribution in [2.75, 3.05) is 38.6 Å². The highest BCUT2D eigenvalue weighted by atomic mass is 32.2. The predicted molar refractivity (Wildman–Crippen MR) is 111 cm³/mol. The number of benzene rings is 2. The summed E-state index contributed by atoms with van der Waals surface area (Å²) in [5.41, 5.74) is 1.45. The molecule has 6 nitrogen and oxygen atoms in total. The average molecular weight is 420 g/mol. The lowest BCUT2D eigenvalue weighted by Crippen LogP contribution is -2.38. The summed E-state index contributed by atoms with van der Waals surface area (Å²) in [4.78, 5) is 14.7. The quantitative estimate of drug-likeness (QED) is 0.782. The van der Waals surface area contributed by atoms with Crippen molar-refractivity contribution >= 4 is 21.6 Å². The molecular weight excluding hydrogens is 393 g/mol. The molecule has 1 heterocycles. The van der Waals surface area contributed by atoms with Gasteiger partial charge in [0.15, 0.2) is 0 Å². The number of hydrogen-bond acceptors (Lipinski definition) is 4. The Balaban J connectivity index is 1.50. The molecule has 2 aromatic rings. The Kier molecular flexibility index (Phi) is 6.54. The third kappa shape index (κ3) is 5.13. The van der Waals surface area contributed by atoms with Gasteiger partial charge in [-0.05, 0) is 67.3 Å². The van der Waals surface area contributed by atoms with E-state index in [-0.39, 0.29) is 16.6 Å². The largest absolute Gasteiger partial charge is 0.372 e. The first kappa shape index (κ1) is 21.3. The number of halogens is 1. The Morgan fingerprint density at radius 3 is 2.21 bits per heavy atom. The molecular formula is C21H26FN3O3S. The minimum absolute atomic E-state index is 0.190. The second kappa shape index (κ2) is 8.92. The minimum Gasteiger partial charge on any atom is -0.372 e. The van der Waals surface area contributed by atoms with Crippen molar-refractivity contribution in [2.24, 2.45) is 5.92 Å². The number of anilines is 1. The highest BCUT2D eigenvalue weighted by molar-refractivity contribution is 7.89. The number of piperidine rings is 1. The highest BCUT2D eigenvalue weighted by Gasteiger charge is 2.21. The molecule has 1 aliphatic heterocycles. The van der Waals surface area contributed by atoms with Crippen LogP contribution < -0.4 is 10.2 Å². The smallest absolute Gasteiger partial charge is 0.251 e. The average Bonchev–Trinajstić information content (AvgIpc) is 2.73. The van der Waals surface area contributed by atoms with Crippen LogP contribution >= 0.6 is 0 Å². The van der Waals surface area contributed by atoms with E-state index in [1.807, 2.05) is 12.1 Å². The molecule has 0 bridgehead atoms. The predicted octanol–water partition coefficient (Wildman–Crippen LogP) is 2.72. The van der Waals surface area contributed by atoms with Crippen LogP contribution in [-0.4, -0.2) is 52.4 Å². The van der Waals surface area contributed by atoms with E-state index in [0.29, 0.717) is 18.0 Å². The van der Waals surface area contributed by atoms with E-state index in [2.05, 4.69) is 10.2 Å². The number of amides is 1. The normalized spacial score (nSPS) is 15.5. The lowest BCUT2D eigenvalue weighted by atomic mass is 9.96. The van der Waals surface area contributed by atoms with Gasteiger partial charge in [0.05, 0.1) is 4.90 Å². The highest BCUT2D eigenvalue weighted by Crippen LogP contribution is 2.25. The number of hydrogen-bond donors (Lipinski definition) is 1. The number of carbonyl (C=O) groups is 1. The standard InChI is InChI=1S/C21H26FN3O3S/c1-24(2)29(27,28)20-9-7-19(8-10-20)25-13-11-16(12-14-25)15-23-21(26)17-3-5-18(22)6-4-17/h3-10,16H,11-15H2,1-2H3,(H,23,26). The van der Waals surface area contributed by atoms with Crippen LogP contribution in [0.2, 0.25) is 0 Å². The molecule has 1 aliphatic rings. The molecule has 3 rings (SSSR count). The zero-order chi connectivity index (χ0) is 21.0. The molecule has 1 amide bonds. The Morgan fingerprint density at radius 1 is 1.07 bits per heavy atom. The fraction of sp³-hybridized carbons (Fsp3) is 0.381. The summed E-state index contributed by atoms with van der Waals surface area (Å²) in [5.74, 6) is -0.171. The summed E-state index contributed by atoms with van der Waals surface area (Å²) < 4.78 is 38.5. The van der Waals surface area contributed by atoms with Crippen LogP contribution in [0.15, 0.2) is 53.4 Å². The lowest BCUT2D eigenvalue weighted by Gasteiger charge is -2.33. The van der Waals surface area contributed by atoms with Crippen molar-refractivity contribution in [3.63, 3.8) is 0 Å². The van der Waals surface area contributed by atoms with Gasteiger partial charge in [0, 0.05) is 45.0 Å². The molecule has 0 atom stereocenters. The van der Waals surface area contributed by atoms with Gasteiger partial charge in [-0.15, -0.1) is 0 Å². The van der Waals surface area contributed by atoms with Gasteiger partial charge < -0.3 is 10.2 Å². The summed E-state index contributed by atoms with van der Waals surface area (Å²) in [5, 5.41) is 2.93. The lowest BCUT2D eigenvalue weighted by molar-refractivity contribution is 0.0945. The van der Waals surface area contributed by atoms with E-state index in [0.717, 1.165) is 31.6 Å². The second-order valence-corrected chi connectivity index (χ2v) is 9.58. The molecule has 0 unspecified atom stereocenters. The van der Waals surface area contributed by atoms with Crippen molar-refractivity contribution in [1.29, 1.82) is 0 Å². The van der Waals surface area contributed by atoms with Crippen molar-refractivity contribution < 1.29 is 17.6 Å². The second-order valence-electron chi connectivity index (χ2n) is 7.43. The van der Waals surface area contributed by atoms with Gasteiger partial charge in [-0.2, -0.15) is 0 Å². The summed E-state index contributed by atoms with van der Waals surface area (Å²) in [7, 11) is -0.387. The Labute approximate surface area is 171 Å². The molecule has 0 aromatic heterocycles. The molecule has 156 valence electrons. The topological polar surface area (TPSA) is 69.7 Å². The zero-order valence-electron chi connectivity index (χ0n) is 16.6.